The molecule has 2 heterocycles. The molecule has 6 heteroatoms. The number of anilines is 2. The average molecular weight is 379 g/mol. The van der Waals surface area contributed by atoms with Crippen LogP contribution in [-0.4, -0.2) is 33.9 Å². The number of nitrogens with one attached hydrogen (secondary N) is 1. The molecule has 0 unspecified atom stereocenters. The van der Waals surface area contributed by atoms with Crippen LogP contribution in [0.2, 0.25) is 5.02 Å². The summed E-state index contributed by atoms with van der Waals surface area (Å²) in [5, 5.41) is 3.86. The van der Waals surface area contributed by atoms with E-state index in [4.69, 9.17) is 11.6 Å². The van der Waals surface area contributed by atoms with Crippen LogP contribution in [0.15, 0.2) is 60.7 Å². The second-order valence-electron chi connectivity index (χ2n) is 6.46. The van der Waals surface area contributed by atoms with E-state index in [2.05, 4.69) is 15.3 Å². The van der Waals surface area contributed by atoms with Crippen LogP contribution in [0.4, 0.5) is 11.5 Å². The first kappa shape index (κ1) is 17.5. The Balaban J connectivity index is 1.73. The fraction of sp³-hybridized carbons (Fsp3) is 0.190. The van der Waals surface area contributed by atoms with Gasteiger partial charge in [-0.2, -0.15) is 0 Å². The van der Waals surface area contributed by atoms with Gasteiger partial charge in [-0.3, -0.25) is 4.79 Å². The van der Waals surface area contributed by atoms with E-state index in [1.54, 1.807) is 6.07 Å². The number of carbonyl (C=O) groups excluding carboxylic acids is 1. The van der Waals surface area contributed by atoms with E-state index in [0.29, 0.717) is 22.4 Å². The van der Waals surface area contributed by atoms with Gasteiger partial charge in [0, 0.05) is 35.4 Å². The molecule has 3 aromatic rings. The molecule has 1 saturated heterocycles. The summed E-state index contributed by atoms with van der Waals surface area (Å²) in [7, 11) is 0. The van der Waals surface area contributed by atoms with Crippen LogP contribution in [0.5, 0.6) is 0 Å². The lowest BCUT2D eigenvalue weighted by Gasteiger charge is -2.16. The van der Waals surface area contributed by atoms with Crippen molar-refractivity contribution in [3.8, 4) is 11.4 Å². The highest BCUT2D eigenvalue weighted by atomic mass is 35.5. The lowest BCUT2D eigenvalue weighted by Crippen LogP contribution is -2.28. The second-order valence-corrected chi connectivity index (χ2v) is 6.90. The van der Waals surface area contributed by atoms with Gasteiger partial charge in [0.05, 0.1) is 0 Å². The van der Waals surface area contributed by atoms with Gasteiger partial charge in [0.2, 0.25) is 0 Å². The van der Waals surface area contributed by atoms with Crippen molar-refractivity contribution in [2.45, 2.75) is 12.8 Å². The fourth-order valence-corrected chi connectivity index (χ4v) is 3.32. The van der Waals surface area contributed by atoms with Crippen molar-refractivity contribution in [2.75, 3.05) is 18.4 Å². The molecule has 0 radical (unpaired) electrons. The maximum atomic E-state index is 12.9. The summed E-state index contributed by atoms with van der Waals surface area (Å²) in [5.41, 5.74) is 2.07. The smallest absolute Gasteiger partial charge is 0.272 e. The SMILES string of the molecule is O=C(c1cc(Nc2cccc(Cl)c2)nc(-c2ccccc2)n1)N1CCCC1. The van der Waals surface area contributed by atoms with Gasteiger partial charge in [-0.25, -0.2) is 9.97 Å². The Morgan fingerprint density at radius 2 is 1.74 bits per heavy atom. The number of hydrogen-bond donors (Lipinski definition) is 1. The minimum Gasteiger partial charge on any atom is -0.340 e. The molecular weight excluding hydrogens is 360 g/mol. The molecule has 1 aliphatic heterocycles. The topological polar surface area (TPSA) is 58.1 Å². The van der Waals surface area contributed by atoms with Crippen molar-refractivity contribution in [2.24, 2.45) is 0 Å². The number of nitrogens with zero attached hydrogens (tertiary/aromatic N) is 3. The van der Waals surface area contributed by atoms with E-state index >= 15 is 0 Å². The lowest BCUT2D eigenvalue weighted by atomic mass is 10.2. The molecule has 27 heavy (non-hydrogen) atoms. The van der Waals surface area contributed by atoms with Crippen molar-refractivity contribution in [1.29, 1.82) is 0 Å². The first-order valence-electron chi connectivity index (χ1n) is 8.95. The first-order chi connectivity index (χ1) is 13.2. The van der Waals surface area contributed by atoms with Crippen LogP contribution in [0.3, 0.4) is 0 Å². The molecule has 1 fully saturated rings. The third kappa shape index (κ3) is 4.09. The zero-order valence-electron chi connectivity index (χ0n) is 14.7. The molecule has 136 valence electrons. The van der Waals surface area contributed by atoms with Crippen molar-refractivity contribution in [3.63, 3.8) is 0 Å². The molecule has 1 amide bonds. The summed E-state index contributed by atoms with van der Waals surface area (Å²) in [6, 6.07) is 18.7. The number of halogens is 1. The molecule has 0 saturated carbocycles. The van der Waals surface area contributed by atoms with Crippen molar-refractivity contribution in [1.82, 2.24) is 14.9 Å². The maximum absolute atomic E-state index is 12.9. The number of hydrogen-bond acceptors (Lipinski definition) is 4. The number of likely N-dealkylation sites (tertiary alicyclic amines) is 1. The van der Waals surface area contributed by atoms with Crippen LogP contribution in [-0.2, 0) is 0 Å². The normalized spacial score (nSPS) is 13.6. The molecule has 5 nitrogen and oxygen atoms in total. The van der Waals surface area contributed by atoms with Crippen LogP contribution in [0.1, 0.15) is 23.3 Å². The van der Waals surface area contributed by atoms with Crippen molar-refractivity contribution in [3.05, 3.63) is 71.4 Å². The quantitative estimate of drug-likeness (QED) is 0.710. The minimum absolute atomic E-state index is 0.0544. The Labute approximate surface area is 163 Å². The third-order valence-corrected chi connectivity index (χ3v) is 4.70. The summed E-state index contributed by atoms with van der Waals surface area (Å²) < 4.78 is 0. The number of rotatable bonds is 4. The van der Waals surface area contributed by atoms with Gasteiger partial charge in [0.25, 0.3) is 5.91 Å². The molecule has 1 N–H and O–H groups in total. The van der Waals surface area contributed by atoms with E-state index in [1.165, 1.54) is 0 Å². The molecule has 2 aromatic carbocycles. The number of aromatic nitrogens is 2. The minimum atomic E-state index is -0.0544. The summed E-state index contributed by atoms with van der Waals surface area (Å²) >= 11 is 6.07. The Bertz CT molecular complexity index is 955. The fourth-order valence-electron chi connectivity index (χ4n) is 3.13. The zero-order valence-corrected chi connectivity index (χ0v) is 15.5. The van der Waals surface area contributed by atoms with E-state index in [9.17, 15) is 4.79 Å². The highest BCUT2D eigenvalue weighted by Gasteiger charge is 2.22. The molecule has 1 aromatic heterocycles. The van der Waals surface area contributed by atoms with Gasteiger partial charge in [0.15, 0.2) is 5.82 Å². The van der Waals surface area contributed by atoms with Crippen LogP contribution in [0.25, 0.3) is 11.4 Å². The first-order valence-corrected chi connectivity index (χ1v) is 9.33. The largest absolute Gasteiger partial charge is 0.340 e. The van der Waals surface area contributed by atoms with Gasteiger partial charge in [-0.05, 0) is 31.0 Å². The lowest BCUT2D eigenvalue weighted by molar-refractivity contribution is 0.0787. The Morgan fingerprint density at radius 1 is 0.963 bits per heavy atom. The van der Waals surface area contributed by atoms with Gasteiger partial charge in [-0.15, -0.1) is 0 Å². The van der Waals surface area contributed by atoms with E-state index in [-0.39, 0.29) is 5.91 Å². The molecule has 0 bridgehead atoms. The van der Waals surface area contributed by atoms with E-state index in [0.717, 1.165) is 37.2 Å². The third-order valence-electron chi connectivity index (χ3n) is 4.47. The van der Waals surface area contributed by atoms with E-state index < -0.39 is 0 Å². The Kier molecular flexibility index (Phi) is 5.03. The van der Waals surface area contributed by atoms with Crippen LogP contribution >= 0.6 is 11.6 Å². The molecule has 0 atom stereocenters. The highest BCUT2D eigenvalue weighted by molar-refractivity contribution is 6.30. The van der Waals surface area contributed by atoms with Gasteiger partial charge in [0.1, 0.15) is 11.5 Å². The van der Waals surface area contributed by atoms with Gasteiger partial charge >= 0.3 is 0 Å². The van der Waals surface area contributed by atoms with Gasteiger partial charge in [-0.1, -0.05) is 48.0 Å². The number of amides is 1. The summed E-state index contributed by atoms with van der Waals surface area (Å²) in [5.74, 6) is 1.03. The van der Waals surface area contributed by atoms with E-state index in [1.807, 2.05) is 59.5 Å². The standard InChI is InChI=1S/C21H19ClN4O/c22-16-9-6-10-17(13-16)23-19-14-18(21(27)26-11-4-5-12-26)24-20(25-19)15-7-2-1-3-8-15/h1-3,6-10,13-14H,4-5,11-12H2,(H,23,24,25). The average Bonchev–Trinajstić information content (AvgIpc) is 3.23. The maximum Gasteiger partial charge on any atom is 0.272 e. The Morgan fingerprint density at radius 3 is 2.48 bits per heavy atom. The van der Waals surface area contributed by atoms with Gasteiger partial charge < -0.3 is 10.2 Å². The van der Waals surface area contributed by atoms with Crippen LogP contribution < -0.4 is 5.32 Å². The number of carbonyl (C=O) groups is 1. The number of benzene rings is 2. The molecule has 0 spiro atoms. The predicted octanol–water partition coefficient (Wildman–Crippen LogP) is 4.78. The molecule has 4 rings (SSSR count). The van der Waals surface area contributed by atoms with Crippen LogP contribution in [0, 0.1) is 0 Å². The summed E-state index contributed by atoms with van der Waals surface area (Å²) in [4.78, 5) is 23.9. The molecule has 1 aliphatic rings. The predicted molar refractivity (Wildman–Crippen MR) is 107 cm³/mol. The summed E-state index contributed by atoms with van der Waals surface area (Å²) in [6.07, 6.45) is 2.08. The summed E-state index contributed by atoms with van der Waals surface area (Å²) in [6.45, 7) is 1.56. The highest BCUT2D eigenvalue weighted by Crippen LogP contribution is 2.23. The van der Waals surface area contributed by atoms with Crippen molar-refractivity contribution < 1.29 is 4.79 Å². The van der Waals surface area contributed by atoms with Crippen molar-refractivity contribution >= 4 is 29.0 Å². The second kappa shape index (κ2) is 7.76. The monoisotopic (exact) mass is 378 g/mol. The Hall–Kier alpha value is -2.92. The molecular formula is C21H19ClN4O. The zero-order chi connectivity index (χ0) is 18.6. The molecule has 0 aliphatic carbocycles.